The maximum absolute atomic E-state index is 12.2. The van der Waals surface area contributed by atoms with Gasteiger partial charge in [-0.05, 0) is 24.3 Å². The number of hydrogen-bond acceptors (Lipinski definition) is 5. The number of carbonyl (C=O) groups is 1. The molecule has 1 aliphatic rings. The Morgan fingerprint density at radius 1 is 1.00 bits per heavy atom. The molecule has 0 bridgehead atoms. The quantitative estimate of drug-likeness (QED) is 0.810. The van der Waals surface area contributed by atoms with Crippen molar-refractivity contribution in [3.63, 3.8) is 0 Å². The van der Waals surface area contributed by atoms with E-state index in [1.54, 1.807) is 30.1 Å². The van der Waals surface area contributed by atoms with E-state index in [9.17, 15) is 13.2 Å². The van der Waals surface area contributed by atoms with Crippen molar-refractivity contribution >= 4 is 27.5 Å². The number of anilines is 1. The summed E-state index contributed by atoms with van der Waals surface area (Å²) in [5, 5.41) is 2.86. The van der Waals surface area contributed by atoms with Crippen LogP contribution in [0.25, 0.3) is 0 Å². The van der Waals surface area contributed by atoms with Crippen molar-refractivity contribution in [2.45, 2.75) is 4.90 Å². The van der Waals surface area contributed by atoms with E-state index >= 15 is 0 Å². The molecule has 142 valence electrons. The zero-order chi connectivity index (χ0) is 19.4. The highest BCUT2D eigenvalue weighted by Crippen LogP contribution is 2.26. The molecule has 0 saturated carbocycles. The largest absolute Gasteiger partial charge is 0.373 e. The zero-order valence-electron chi connectivity index (χ0n) is 15.3. The molecular weight excluding hydrogens is 364 g/mol. The minimum atomic E-state index is -3.69. The second kappa shape index (κ2) is 7.79. The van der Waals surface area contributed by atoms with Crippen molar-refractivity contribution in [3.05, 3.63) is 60.2 Å². The van der Waals surface area contributed by atoms with Gasteiger partial charge in [-0.1, -0.05) is 30.3 Å². The molecule has 0 atom stereocenters. The van der Waals surface area contributed by atoms with E-state index in [1.165, 1.54) is 6.07 Å². The standard InChI is InChI=1S/C19H22N4O3S/c1-22(15-8-4-3-5-9-15)13-12-20-18(24)14-23(2)19-16-10-6-7-11-17(16)27(25,26)21-19/h3-11H,12-14H2,1-2H3,(H,20,24). The van der Waals surface area contributed by atoms with Gasteiger partial charge >= 0.3 is 0 Å². The van der Waals surface area contributed by atoms with E-state index in [-0.39, 0.29) is 17.3 Å². The number of benzene rings is 2. The molecule has 1 amide bonds. The number of amidine groups is 1. The van der Waals surface area contributed by atoms with E-state index < -0.39 is 10.0 Å². The second-order valence-electron chi connectivity index (χ2n) is 6.35. The normalized spacial score (nSPS) is 14.2. The summed E-state index contributed by atoms with van der Waals surface area (Å²) in [7, 11) is -0.0667. The van der Waals surface area contributed by atoms with Crippen LogP contribution in [0.1, 0.15) is 5.56 Å². The van der Waals surface area contributed by atoms with Gasteiger partial charge in [0.1, 0.15) is 4.90 Å². The van der Waals surface area contributed by atoms with E-state index in [4.69, 9.17) is 0 Å². The van der Waals surface area contributed by atoms with Gasteiger partial charge in [-0.3, -0.25) is 4.79 Å². The number of likely N-dealkylation sites (N-methyl/N-ethyl adjacent to an activating group) is 2. The van der Waals surface area contributed by atoms with Gasteiger partial charge in [0.2, 0.25) is 5.91 Å². The summed E-state index contributed by atoms with van der Waals surface area (Å²) >= 11 is 0. The highest BCUT2D eigenvalue weighted by molar-refractivity contribution is 7.90. The molecule has 1 heterocycles. The third-order valence-electron chi connectivity index (χ3n) is 4.32. The molecule has 0 fully saturated rings. The Balaban J connectivity index is 1.54. The molecule has 7 nitrogen and oxygen atoms in total. The summed E-state index contributed by atoms with van der Waals surface area (Å²) in [4.78, 5) is 16.0. The maximum Gasteiger partial charge on any atom is 0.285 e. The molecule has 1 aliphatic heterocycles. The Labute approximate surface area is 159 Å². The van der Waals surface area contributed by atoms with Gasteiger partial charge in [0.15, 0.2) is 5.84 Å². The first-order chi connectivity index (χ1) is 12.9. The average molecular weight is 386 g/mol. The van der Waals surface area contributed by atoms with Crippen molar-refractivity contribution in [1.82, 2.24) is 10.2 Å². The van der Waals surface area contributed by atoms with Crippen LogP contribution in [0.15, 0.2) is 63.9 Å². The number of fused-ring (bicyclic) bond motifs is 1. The van der Waals surface area contributed by atoms with Crippen LogP contribution in [0.5, 0.6) is 0 Å². The van der Waals surface area contributed by atoms with Gasteiger partial charge in [0.25, 0.3) is 10.0 Å². The molecule has 1 N–H and O–H groups in total. The first-order valence-electron chi connectivity index (χ1n) is 8.57. The number of hydrogen-bond donors (Lipinski definition) is 1. The zero-order valence-corrected chi connectivity index (χ0v) is 16.1. The summed E-state index contributed by atoms with van der Waals surface area (Å²) in [5.41, 5.74) is 1.60. The summed E-state index contributed by atoms with van der Waals surface area (Å²) < 4.78 is 28.0. The van der Waals surface area contributed by atoms with Crippen molar-refractivity contribution in [2.24, 2.45) is 4.40 Å². The second-order valence-corrected chi connectivity index (χ2v) is 7.92. The molecule has 0 unspecified atom stereocenters. The number of nitrogens with one attached hydrogen (secondary N) is 1. The molecule has 2 aromatic rings. The first-order valence-corrected chi connectivity index (χ1v) is 10.0. The topological polar surface area (TPSA) is 82.1 Å². The molecule has 2 aromatic carbocycles. The molecule has 0 spiro atoms. The fraction of sp³-hybridized carbons (Fsp3) is 0.263. The van der Waals surface area contributed by atoms with Crippen LogP contribution in [0.3, 0.4) is 0 Å². The van der Waals surface area contributed by atoms with Gasteiger partial charge < -0.3 is 15.1 Å². The van der Waals surface area contributed by atoms with Crippen LogP contribution in [0, 0.1) is 0 Å². The maximum atomic E-state index is 12.2. The van der Waals surface area contributed by atoms with Gasteiger partial charge in [-0.15, -0.1) is 4.40 Å². The number of rotatable bonds is 6. The van der Waals surface area contributed by atoms with Gasteiger partial charge in [-0.2, -0.15) is 8.42 Å². The molecule has 0 radical (unpaired) electrons. The number of amides is 1. The lowest BCUT2D eigenvalue weighted by molar-refractivity contribution is -0.121. The van der Waals surface area contributed by atoms with Crippen molar-refractivity contribution in [2.75, 3.05) is 38.6 Å². The van der Waals surface area contributed by atoms with Crippen molar-refractivity contribution in [1.29, 1.82) is 0 Å². The molecule has 0 aromatic heterocycles. The summed E-state index contributed by atoms with van der Waals surface area (Å²) in [6, 6.07) is 16.5. The number of sulfonamides is 1. The van der Waals surface area contributed by atoms with Crippen molar-refractivity contribution < 1.29 is 13.2 Å². The highest BCUT2D eigenvalue weighted by atomic mass is 32.2. The van der Waals surface area contributed by atoms with E-state index in [0.29, 0.717) is 24.5 Å². The Kier molecular flexibility index (Phi) is 5.46. The molecule has 8 heteroatoms. The minimum absolute atomic E-state index is 0.0255. The Morgan fingerprint density at radius 2 is 1.67 bits per heavy atom. The SMILES string of the molecule is CN(CC(=O)NCCN(C)c1ccccc1)C1=NS(=O)(=O)c2ccccc21. The predicted octanol–water partition coefficient (Wildman–Crippen LogP) is 1.32. The predicted molar refractivity (Wildman–Crippen MR) is 106 cm³/mol. The van der Waals surface area contributed by atoms with E-state index in [1.807, 2.05) is 42.3 Å². The molecule has 3 rings (SSSR count). The molecule has 0 saturated heterocycles. The van der Waals surface area contributed by atoms with E-state index in [0.717, 1.165) is 5.69 Å². The lowest BCUT2D eigenvalue weighted by Gasteiger charge is -2.21. The van der Waals surface area contributed by atoms with Gasteiger partial charge in [0, 0.05) is 38.4 Å². The lowest BCUT2D eigenvalue weighted by atomic mass is 10.2. The van der Waals surface area contributed by atoms with Crippen LogP contribution in [-0.2, 0) is 14.8 Å². The van der Waals surface area contributed by atoms with E-state index in [2.05, 4.69) is 9.71 Å². The number of carbonyl (C=O) groups excluding carboxylic acids is 1. The average Bonchev–Trinajstić information content (AvgIpc) is 2.94. The molecule has 0 aliphatic carbocycles. The number of nitrogens with zero attached hydrogens (tertiary/aromatic N) is 3. The smallest absolute Gasteiger partial charge is 0.285 e. The van der Waals surface area contributed by atoms with Gasteiger partial charge in [0.05, 0.1) is 6.54 Å². The Bertz CT molecular complexity index is 958. The minimum Gasteiger partial charge on any atom is -0.373 e. The fourth-order valence-electron chi connectivity index (χ4n) is 2.88. The van der Waals surface area contributed by atoms with Crippen LogP contribution < -0.4 is 10.2 Å². The lowest BCUT2D eigenvalue weighted by Crippen LogP contribution is -2.40. The first kappa shape index (κ1) is 18.9. The van der Waals surface area contributed by atoms with Crippen LogP contribution >= 0.6 is 0 Å². The van der Waals surface area contributed by atoms with Crippen LogP contribution in [0.4, 0.5) is 5.69 Å². The number of para-hydroxylation sites is 1. The third-order valence-corrected chi connectivity index (χ3v) is 5.65. The van der Waals surface area contributed by atoms with Crippen LogP contribution in [0.2, 0.25) is 0 Å². The van der Waals surface area contributed by atoms with Crippen molar-refractivity contribution in [3.8, 4) is 0 Å². The fourth-order valence-corrected chi connectivity index (χ4v) is 4.14. The highest BCUT2D eigenvalue weighted by Gasteiger charge is 2.30. The third kappa shape index (κ3) is 4.28. The van der Waals surface area contributed by atoms with Gasteiger partial charge in [-0.25, -0.2) is 0 Å². The Morgan fingerprint density at radius 3 is 2.41 bits per heavy atom. The molecular formula is C19H22N4O3S. The summed E-state index contributed by atoms with van der Waals surface area (Å²) in [6.07, 6.45) is 0. The summed E-state index contributed by atoms with van der Waals surface area (Å²) in [6.45, 7) is 1.18. The monoisotopic (exact) mass is 386 g/mol. The Hall–Kier alpha value is -2.87. The van der Waals surface area contributed by atoms with Crippen LogP contribution in [-0.4, -0.2) is 58.8 Å². The summed E-state index contributed by atoms with van der Waals surface area (Å²) in [5.74, 6) is 0.102. The molecule has 27 heavy (non-hydrogen) atoms.